The Balaban J connectivity index is 1.30. The van der Waals surface area contributed by atoms with Crippen LogP contribution in [0.5, 0.6) is 0 Å². The van der Waals surface area contributed by atoms with Gasteiger partial charge in [0.15, 0.2) is 5.82 Å². The molecule has 202 valence electrons. The summed E-state index contributed by atoms with van der Waals surface area (Å²) in [5, 5.41) is 4.29. The predicted molar refractivity (Wildman–Crippen MR) is 162 cm³/mol. The Labute approximate surface area is 234 Å². The Bertz CT molecular complexity index is 1500. The minimum atomic E-state index is -0.0448. The monoisotopic (exact) mass is 540 g/mol. The van der Waals surface area contributed by atoms with Crippen LogP contribution in [0.15, 0.2) is 48.5 Å². The van der Waals surface area contributed by atoms with Crippen molar-refractivity contribution in [2.75, 3.05) is 55.4 Å². The van der Waals surface area contributed by atoms with Crippen LogP contribution in [0.1, 0.15) is 29.3 Å². The van der Waals surface area contributed by atoms with Crippen molar-refractivity contribution >= 4 is 44.8 Å². The van der Waals surface area contributed by atoms with Gasteiger partial charge in [0.05, 0.1) is 5.39 Å². The number of aryl methyl sites for hydroxylation is 2. The Kier molecular flexibility index (Phi) is 6.89. The van der Waals surface area contributed by atoms with Gasteiger partial charge in [-0.1, -0.05) is 19.1 Å². The van der Waals surface area contributed by atoms with Crippen LogP contribution in [-0.4, -0.2) is 61.2 Å². The van der Waals surface area contributed by atoms with Crippen LogP contribution >= 0.6 is 11.3 Å². The maximum absolute atomic E-state index is 13.0. The van der Waals surface area contributed by atoms with Gasteiger partial charge in [-0.15, -0.1) is 11.3 Å². The number of thiophene rings is 1. The lowest BCUT2D eigenvalue weighted by Gasteiger charge is -2.36. The lowest BCUT2D eigenvalue weighted by molar-refractivity contribution is 0.208. The summed E-state index contributed by atoms with van der Waals surface area (Å²) in [6.45, 7) is 7.17. The fourth-order valence-electron chi connectivity index (χ4n) is 5.64. The number of aromatic nitrogens is 2. The van der Waals surface area contributed by atoms with E-state index in [0.717, 1.165) is 64.9 Å². The van der Waals surface area contributed by atoms with Crippen LogP contribution in [0.4, 0.5) is 22.0 Å². The number of carbonyl (C=O) groups is 1. The molecule has 6 rings (SSSR count). The second-order valence-corrected chi connectivity index (χ2v) is 12.2. The van der Waals surface area contributed by atoms with Crippen molar-refractivity contribution in [2.45, 2.75) is 33.1 Å². The maximum atomic E-state index is 13.0. The molecule has 4 aromatic rings. The molecule has 1 N–H and O–H groups in total. The van der Waals surface area contributed by atoms with Gasteiger partial charge in [-0.05, 0) is 79.6 Å². The summed E-state index contributed by atoms with van der Waals surface area (Å²) in [7, 11) is 4.10. The van der Waals surface area contributed by atoms with Crippen molar-refractivity contribution in [3.05, 3.63) is 64.5 Å². The number of hydrogen-bond acceptors (Lipinski definition) is 6. The van der Waals surface area contributed by atoms with E-state index in [1.54, 1.807) is 0 Å². The molecule has 0 bridgehead atoms. The highest BCUT2D eigenvalue weighted by atomic mass is 32.1. The molecule has 7 nitrogen and oxygen atoms in total. The highest BCUT2D eigenvalue weighted by Gasteiger charge is 2.29. The van der Waals surface area contributed by atoms with Gasteiger partial charge in [0.2, 0.25) is 0 Å². The van der Waals surface area contributed by atoms with Gasteiger partial charge in [-0.3, -0.25) is 0 Å². The molecule has 1 aliphatic heterocycles. The second kappa shape index (κ2) is 10.5. The summed E-state index contributed by atoms with van der Waals surface area (Å²) in [5.74, 6) is 2.50. The quantitative estimate of drug-likeness (QED) is 0.333. The first-order chi connectivity index (χ1) is 18.9. The van der Waals surface area contributed by atoms with E-state index in [4.69, 9.17) is 9.97 Å². The van der Waals surface area contributed by atoms with E-state index < -0.39 is 0 Å². The number of nitrogens with zero attached hydrogens (tertiary/aromatic N) is 5. The van der Waals surface area contributed by atoms with Gasteiger partial charge in [0, 0.05) is 62.1 Å². The van der Waals surface area contributed by atoms with Gasteiger partial charge in [0.25, 0.3) is 0 Å². The van der Waals surface area contributed by atoms with E-state index in [1.165, 1.54) is 22.2 Å². The molecule has 1 saturated heterocycles. The van der Waals surface area contributed by atoms with E-state index in [9.17, 15) is 4.79 Å². The molecular weight excluding hydrogens is 504 g/mol. The van der Waals surface area contributed by atoms with Crippen LogP contribution in [0.3, 0.4) is 0 Å². The first kappa shape index (κ1) is 25.6. The minimum Gasteiger partial charge on any atom is -0.378 e. The molecule has 1 aliphatic carbocycles. The first-order valence-electron chi connectivity index (χ1n) is 13.8. The molecule has 0 spiro atoms. The summed E-state index contributed by atoms with van der Waals surface area (Å²) in [5.41, 5.74) is 5.59. The van der Waals surface area contributed by atoms with Crippen molar-refractivity contribution in [2.24, 2.45) is 5.92 Å². The first-order valence-corrected chi connectivity index (χ1v) is 14.6. The third kappa shape index (κ3) is 5.17. The fourth-order valence-corrected chi connectivity index (χ4v) is 7.01. The highest BCUT2D eigenvalue weighted by molar-refractivity contribution is 7.19. The number of fused-ring (bicyclic) bond motifs is 3. The lowest BCUT2D eigenvalue weighted by atomic mass is 9.89. The second-order valence-electron chi connectivity index (χ2n) is 11.1. The van der Waals surface area contributed by atoms with Crippen molar-refractivity contribution in [3.8, 4) is 11.4 Å². The van der Waals surface area contributed by atoms with Gasteiger partial charge in [0.1, 0.15) is 10.6 Å². The van der Waals surface area contributed by atoms with E-state index in [-0.39, 0.29) is 6.03 Å². The molecule has 1 atom stereocenters. The number of benzene rings is 2. The molecule has 2 aromatic heterocycles. The van der Waals surface area contributed by atoms with Crippen LogP contribution in [0, 0.1) is 12.8 Å². The summed E-state index contributed by atoms with van der Waals surface area (Å²) < 4.78 is 0. The minimum absolute atomic E-state index is 0.0448. The smallest absolute Gasteiger partial charge is 0.321 e. The van der Waals surface area contributed by atoms with Gasteiger partial charge < -0.3 is 20.0 Å². The van der Waals surface area contributed by atoms with Crippen molar-refractivity contribution in [3.63, 3.8) is 0 Å². The van der Waals surface area contributed by atoms with Gasteiger partial charge >= 0.3 is 6.03 Å². The molecule has 1 fully saturated rings. The summed E-state index contributed by atoms with van der Waals surface area (Å²) in [6.07, 6.45) is 3.41. The molecule has 0 radical (unpaired) electrons. The Hall–Kier alpha value is -3.65. The zero-order valence-electron chi connectivity index (χ0n) is 23.2. The summed E-state index contributed by atoms with van der Waals surface area (Å²) in [4.78, 5) is 32.2. The zero-order chi connectivity index (χ0) is 27.1. The van der Waals surface area contributed by atoms with E-state index in [1.807, 2.05) is 61.5 Å². The molecule has 2 aromatic carbocycles. The number of piperazine rings is 1. The van der Waals surface area contributed by atoms with Crippen LogP contribution < -0.4 is 15.1 Å². The van der Waals surface area contributed by atoms with Crippen LogP contribution in [0.2, 0.25) is 0 Å². The average Bonchev–Trinajstić information content (AvgIpc) is 3.30. The summed E-state index contributed by atoms with van der Waals surface area (Å²) in [6, 6.07) is 16.4. The Morgan fingerprint density at radius 1 is 1.05 bits per heavy atom. The standard InChI is InChI=1S/C31H36N6OS/c1-20-6-5-7-23(18-20)32-31(38)37-16-14-36(15-17-37)29-27-25-13-8-21(2)19-26(25)39-30(27)34-28(33-29)22-9-11-24(12-10-22)35(3)4/h5-7,9-12,18,21H,8,13-17,19H2,1-4H3,(H,32,38). The van der Waals surface area contributed by atoms with Gasteiger partial charge in [-0.2, -0.15) is 0 Å². The molecule has 8 heteroatoms. The van der Waals surface area contributed by atoms with Gasteiger partial charge in [-0.25, -0.2) is 14.8 Å². The SMILES string of the molecule is Cc1cccc(NC(=O)N2CCN(c3nc(-c4ccc(N(C)C)cc4)nc4sc5c(c34)CCC(C)C5)CC2)c1. The van der Waals surface area contributed by atoms with Crippen LogP contribution in [0.25, 0.3) is 21.6 Å². The molecule has 1 unspecified atom stereocenters. The normalized spacial score (nSPS) is 17.3. The lowest BCUT2D eigenvalue weighted by Crippen LogP contribution is -2.50. The number of carbonyl (C=O) groups excluding carboxylic acids is 1. The number of anilines is 3. The molecular formula is C31H36N6OS. The average molecular weight is 541 g/mol. The number of rotatable bonds is 4. The number of amides is 2. The largest absolute Gasteiger partial charge is 0.378 e. The highest BCUT2D eigenvalue weighted by Crippen LogP contribution is 2.42. The fraction of sp³-hybridized carbons (Fsp3) is 0.387. The molecule has 39 heavy (non-hydrogen) atoms. The topological polar surface area (TPSA) is 64.6 Å². The number of nitrogens with one attached hydrogen (secondary N) is 1. The molecule has 2 amide bonds. The van der Waals surface area contributed by atoms with Crippen molar-refractivity contribution < 1.29 is 4.79 Å². The number of hydrogen-bond donors (Lipinski definition) is 1. The predicted octanol–water partition coefficient (Wildman–Crippen LogP) is 6.21. The molecule has 0 saturated carbocycles. The van der Waals surface area contributed by atoms with E-state index in [0.29, 0.717) is 19.0 Å². The summed E-state index contributed by atoms with van der Waals surface area (Å²) >= 11 is 1.85. The van der Waals surface area contributed by atoms with Crippen molar-refractivity contribution in [1.82, 2.24) is 14.9 Å². The maximum Gasteiger partial charge on any atom is 0.321 e. The van der Waals surface area contributed by atoms with E-state index >= 15 is 0 Å². The van der Waals surface area contributed by atoms with Crippen LogP contribution in [-0.2, 0) is 12.8 Å². The third-order valence-electron chi connectivity index (χ3n) is 7.91. The Morgan fingerprint density at radius 3 is 2.54 bits per heavy atom. The van der Waals surface area contributed by atoms with E-state index in [2.05, 4.69) is 46.3 Å². The molecule has 3 heterocycles. The Morgan fingerprint density at radius 2 is 1.82 bits per heavy atom. The third-order valence-corrected chi connectivity index (χ3v) is 9.06. The van der Waals surface area contributed by atoms with Crippen molar-refractivity contribution in [1.29, 1.82) is 0 Å². The number of urea groups is 1. The zero-order valence-corrected chi connectivity index (χ0v) is 24.0. The molecule has 2 aliphatic rings.